The topological polar surface area (TPSA) is 57.6 Å². The highest BCUT2D eigenvalue weighted by Gasteiger charge is 2.23. The Morgan fingerprint density at radius 1 is 0.800 bits per heavy atom. The number of rotatable bonds is 13. The summed E-state index contributed by atoms with van der Waals surface area (Å²) in [5, 5.41) is 9.52. The van der Waals surface area contributed by atoms with E-state index < -0.39 is 5.97 Å². The van der Waals surface area contributed by atoms with Crippen molar-refractivity contribution in [1.82, 2.24) is 4.90 Å². The van der Waals surface area contributed by atoms with Gasteiger partial charge in [0.1, 0.15) is 0 Å². The number of carboxylic acid groups (broad SMARTS) is 1. The first-order valence-electron chi connectivity index (χ1n) is 12.8. The highest BCUT2D eigenvalue weighted by atomic mass is 16.4. The number of aromatic carboxylic acids is 1. The molecule has 0 aliphatic rings. The quantitative estimate of drug-likeness (QED) is 0.286. The second-order valence-corrected chi connectivity index (χ2v) is 9.17. The Bertz CT molecular complexity index is 1070. The fourth-order valence-electron chi connectivity index (χ4n) is 4.66. The van der Waals surface area contributed by atoms with Crippen molar-refractivity contribution in [3.8, 4) is 11.1 Å². The van der Waals surface area contributed by atoms with Gasteiger partial charge < -0.3 is 10.0 Å². The summed E-state index contributed by atoms with van der Waals surface area (Å²) in [4.78, 5) is 27.2. The van der Waals surface area contributed by atoms with E-state index in [1.807, 2.05) is 47.4 Å². The average molecular weight is 472 g/mol. The summed E-state index contributed by atoms with van der Waals surface area (Å²) in [5.41, 5.74) is 4.21. The maximum absolute atomic E-state index is 13.5. The van der Waals surface area contributed by atoms with Crippen molar-refractivity contribution >= 4 is 11.9 Å². The zero-order valence-corrected chi connectivity index (χ0v) is 21.0. The van der Waals surface area contributed by atoms with Crippen molar-refractivity contribution < 1.29 is 14.7 Å². The summed E-state index contributed by atoms with van der Waals surface area (Å²) in [6.07, 6.45) is 5.73. The van der Waals surface area contributed by atoms with Gasteiger partial charge in [-0.3, -0.25) is 4.79 Å². The largest absolute Gasteiger partial charge is 0.478 e. The van der Waals surface area contributed by atoms with Crippen LogP contribution >= 0.6 is 0 Å². The van der Waals surface area contributed by atoms with Gasteiger partial charge in [-0.05, 0) is 54.0 Å². The molecule has 1 N–H and O–H groups in total. The lowest BCUT2D eigenvalue weighted by atomic mass is 9.95. The molecule has 0 aliphatic heterocycles. The standard InChI is InChI=1S/C31H37NO3/c1-3-11-27(12-4-2)30(33)32(22-10-15-24-13-6-5-7-14-24)23-25-18-20-26(21-19-25)28-16-8-9-17-29(28)31(34)35/h5-9,13-14,16-21,27H,3-4,10-12,15,22-23H2,1-2H3,(H,34,35). The summed E-state index contributed by atoms with van der Waals surface area (Å²) in [7, 11) is 0. The lowest BCUT2D eigenvalue weighted by molar-refractivity contribution is -0.136. The SMILES string of the molecule is CCCC(CCC)C(=O)N(CCCc1ccccc1)Cc1ccc(-c2ccccc2C(=O)O)cc1. The van der Waals surface area contributed by atoms with Gasteiger partial charge in [-0.15, -0.1) is 0 Å². The summed E-state index contributed by atoms with van der Waals surface area (Å²) in [5.74, 6) is -0.608. The average Bonchev–Trinajstić information content (AvgIpc) is 2.88. The van der Waals surface area contributed by atoms with E-state index in [4.69, 9.17) is 0 Å². The summed E-state index contributed by atoms with van der Waals surface area (Å²) >= 11 is 0. The fourth-order valence-corrected chi connectivity index (χ4v) is 4.66. The molecular weight excluding hydrogens is 434 g/mol. The van der Waals surface area contributed by atoms with Crippen LogP contribution in [0, 0.1) is 5.92 Å². The minimum Gasteiger partial charge on any atom is -0.478 e. The van der Waals surface area contributed by atoms with Crippen molar-refractivity contribution in [3.05, 3.63) is 95.6 Å². The number of aryl methyl sites for hydroxylation is 1. The van der Waals surface area contributed by atoms with Crippen molar-refractivity contribution in [3.63, 3.8) is 0 Å². The number of carbonyl (C=O) groups excluding carboxylic acids is 1. The molecule has 0 fully saturated rings. The molecule has 0 atom stereocenters. The monoisotopic (exact) mass is 471 g/mol. The van der Waals surface area contributed by atoms with Crippen LogP contribution < -0.4 is 0 Å². The molecule has 0 aromatic heterocycles. The summed E-state index contributed by atoms with van der Waals surface area (Å²) in [6.45, 7) is 5.58. The van der Waals surface area contributed by atoms with Crippen molar-refractivity contribution in [2.45, 2.75) is 58.9 Å². The number of carbonyl (C=O) groups is 2. The first-order chi connectivity index (χ1) is 17.0. The van der Waals surface area contributed by atoms with Crippen LogP contribution in [0.25, 0.3) is 11.1 Å². The van der Waals surface area contributed by atoms with Gasteiger partial charge in [0.25, 0.3) is 0 Å². The second-order valence-electron chi connectivity index (χ2n) is 9.17. The lowest BCUT2D eigenvalue weighted by Gasteiger charge is -2.28. The summed E-state index contributed by atoms with van der Waals surface area (Å²) in [6, 6.07) is 25.4. The van der Waals surface area contributed by atoms with Crippen molar-refractivity contribution in [2.24, 2.45) is 5.92 Å². The van der Waals surface area contributed by atoms with Crippen LogP contribution in [-0.4, -0.2) is 28.4 Å². The predicted octanol–water partition coefficient (Wildman–Crippen LogP) is 7.23. The van der Waals surface area contributed by atoms with E-state index in [0.717, 1.165) is 56.2 Å². The van der Waals surface area contributed by atoms with Gasteiger partial charge >= 0.3 is 5.97 Å². The van der Waals surface area contributed by atoms with Crippen LogP contribution in [0.5, 0.6) is 0 Å². The van der Waals surface area contributed by atoms with E-state index >= 15 is 0 Å². The molecular formula is C31H37NO3. The Labute approximate surface area is 209 Å². The highest BCUT2D eigenvalue weighted by molar-refractivity contribution is 5.96. The molecule has 3 aromatic rings. The maximum Gasteiger partial charge on any atom is 0.336 e. The number of carboxylic acids is 1. The van der Waals surface area contributed by atoms with E-state index in [1.54, 1.807) is 12.1 Å². The molecule has 184 valence electrons. The van der Waals surface area contributed by atoms with E-state index in [2.05, 4.69) is 38.1 Å². The Balaban J connectivity index is 1.76. The fraction of sp³-hybridized carbons (Fsp3) is 0.355. The molecule has 0 saturated heterocycles. The van der Waals surface area contributed by atoms with Gasteiger partial charge in [0.2, 0.25) is 5.91 Å². The van der Waals surface area contributed by atoms with Gasteiger partial charge in [-0.1, -0.05) is 99.5 Å². The maximum atomic E-state index is 13.5. The van der Waals surface area contributed by atoms with Crippen LogP contribution in [-0.2, 0) is 17.8 Å². The van der Waals surface area contributed by atoms with Crippen LogP contribution in [0.15, 0.2) is 78.9 Å². The minimum absolute atomic E-state index is 0.0726. The Hall–Kier alpha value is -3.40. The normalized spacial score (nSPS) is 10.9. The van der Waals surface area contributed by atoms with Gasteiger partial charge in [0.15, 0.2) is 0 Å². The molecule has 0 heterocycles. The Morgan fingerprint density at radius 3 is 2.06 bits per heavy atom. The Morgan fingerprint density at radius 2 is 1.43 bits per heavy atom. The molecule has 4 heteroatoms. The third-order valence-electron chi connectivity index (χ3n) is 6.47. The van der Waals surface area contributed by atoms with E-state index in [-0.39, 0.29) is 11.8 Å². The van der Waals surface area contributed by atoms with Crippen LogP contribution in [0.3, 0.4) is 0 Å². The predicted molar refractivity (Wildman–Crippen MR) is 142 cm³/mol. The molecule has 0 aliphatic carbocycles. The smallest absolute Gasteiger partial charge is 0.336 e. The highest BCUT2D eigenvalue weighted by Crippen LogP contribution is 2.25. The van der Waals surface area contributed by atoms with E-state index in [9.17, 15) is 14.7 Å². The zero-order valence-electron chi connectivity index (χ0n) is 21.0. The number of hydrogen-bond donors (Lipinski definition) is 1. The number of hydrogen-bond acceptors (Lipinski definition) is 2. The van der Waals surface area contributed by atoms with Gasteiger partial charge in [-0.25, -0.2) is 4.79 Å². The second kappa shape index (κ2) is 13.5. The molecule has 3 rings (SSSR count). The third kappa shape index (κ3) is 7.54. The molecule has 35 heavy (non-hydrogen) atoms. The molecule has 0 spiro atoms. The van der Waals surface area contributed by atoms with Crippen LogP contribution in [0.1, 0.15) is 67.4 Å². The molecule has 0 unspecified atom stereocenters. The van der Waals surface area contributed by atoms with Gasteiger partial charge in [0, 0.05) is 19.0 Å². The Kier molecular flexibility index (Phi) is 10.1. The van der Waals surface area contributed by atoms with E-state index in [0.29, 0.717) is 17.7 Å². The third-order valence-corrected chi connectivity index (χ3v) is 6.47. The molecule has 0 bridgehead atoms. The van der Waals surface area contributed by atoms with Gasteiger partial charge in [0.05, 0.1) is 5.56 Å². The number of nitrogens with zero attached hydrogens (tertiary/aromatic N) is 1. The molecule has 1 amide bonds. The summed E-state index contributed by atoms with van der Waals surface area (Å²) < 4.78 is 0. The molecule has 0 saturated carbocycles. The van der Waals surface area contributed by atoms with Crippen LogP contribution in [0.4, 0.5) is 0 Å². The first kappa shape index (κ1) is 26.2. The molecule has 0 radical (unpaired) electrons. The van der Waals surface area contributed by atoms with Crippen molar-refractivity contribution in [2.75, 3.05) is 6.54 Å². The molecule has 3 aromatic carbocycles. The number of amides is 1. The van der Waals surface area contributed by atoms with E-state index in [1.165, 1.54) is 5.56 Å². The first-order valence-corrected chi connectivity index (χ1v) is 12.8. The van der Waals surface area contributed by atoms with Crippen molar-refractivity contribution in [1.29, 1.82) is 0 Å². The number of benzene rings is 3. The van der Waals surface area contributed by atoms with Crippen LogP contribution in [0.2, 0.25) is 0 Å². The van der Waals surface area contributed by atoms with Gasteiger partial charge in [-0.2, -0.15) is 0 Å². The zero-order chi connectivity index (χ0) is 25.0. The molecule has 4 nitrogen and oxygen atoms in total. The lowest BCUT2D eigenvalue weighted by Crippen LogP contribution is -2.36. The minimum atomic E-state index is -0.933.